The zero-order chi connectivity index (χ0) is 17.8. The van der Waals surface area contributed by atoms with Crippen LogP contribution in [0.2, 0.25) is 0 Å². The number of benzene rings is 1. The first-order valence-electron chi connectivity index (χ1n) is 7.20. The Balaban J connectivity index is 1.85. The van der Waals surface area contributed by atoms with Gasteiger partial charge in [0.2, 0.25) is 6.39 Å². The number of nitrogen functional groups attached to an aromatic ring is 1. The van der Waals surface area contributed by atoms with Crippen molar-refractivity contribution in [3.05, 3.63) is 41.8 Å². The first-order valence-corrected chi connectivity index (χ1v) is 8.02. The highest BCUT2D eigenvalue weighted by Gasteiger charge is 2.18. The molecule has 1 aliphatic heterocycles. The second-order valence-corrected chi connectivity index (χ2v) is 6.23. The van der Waals surface area contributed by atoms with Crippen LogP contribution in [0.5, 0.6) is 0 Å². The molecule has 2 heterocycles. The summed E-state index contributed by atoms with van der Waals surface area (Å²) < 4.78 is 5.11. The van der Waals surface area contributed by atoms with Crippen molar-refractivity contribution in [2.75, 3.05) is 25.1 Å². The van der Waals surface area contributed by atoms with Crippen LogP contribution in [0.25, 0.3) is 0 Å². The molecule has 1 aromatic carbocycles. The van der Waals surface area contributed by atoms with E-state index in [9.17, 15) is 0 Å². The number of amidine groups is 1. The van der Waals surface area contributed by atoms with Crippen LogP contribution < -0.4 is 21.9 Å². The van der Waals surface area contributed by atoms with E-state index in [-0.39, 0.29) is 6.01 Å². The van der Waals surface area contributed by atoms with E-state index in [1.165, 1.54) is 24.4 Å². The van der Waals surface area contributed by atoms with Crippen LogP contribution in [0.1, 0.15) is 5.56 Å². The van der Waals surface area contributed by atoms with Gasteiger partial charge in [-0.25, -0.2) is 4.99 Å². The molecule has 0 unspecified atom stereocenters. The van der Waals surface area contributed by atoms with Crippen molar-refractivity contribution in [2.45, 2.75) is 4.90 Å². The number of nitrogens with two attached hydrogens (primary N) is 1. The van der Waals surface area contributed by atoms with E-state index in [1.54, 1.807) is 6.07 Å². The highest BCUT2D eigenvalue weighted by molar-refractivity contribution is 8.13. The number of hydrogen-bond acceptors (Lipinski definition) is 11. The number of aliphatic imine (C=N–C) groups is 1. The molecule has 0 amide bonds. The van der Waals surface area contributed by atoms with E-state index in [0.717, 1.165) is 4.90 Å². The third-order valence-corrected chi connectivity index (χ3v) is 4.06. The SMILES string of the molecule is CN(C)C1=C(Nc2nnco2)N=C(Sc2ccc(N)c(C=N)c2)NN1. The summed E-state index contributed by atoms with van der Waals surface area (Å²) in [6.45, 7) is 0. The average Bonchev–Trinajstić information content (AvgIpc) is 3.09. The fraction of sp³-hybridized carbons (Fsp3) is 0.143. The molecule has 0 atom stereocenters. The van der Waals surface area contributed by atoms with Gasteiger partial charge in [-0.15, -0.1) is 5.10 Å². The van der Waals surface area contributed by atoms with E-state index in [2.05, 4.69) is 31.4 Å². The van der Waals surface area contributed by atoms with Gasteiger partial charge in [-0.05, 0) is 18.2 Å². The van der Waals surface area contributed by atoms with Gasteiger partial charge in [-0.2, -0.15) is 0 Å². The molecule has 1 aromatic heterocycles. The van der Waals surface area contributed by atoms with Crippen LogP contribution in [0.15, 0.2) is 50.5 Å². The molecule has 3 rings (SSSR count). The minimum Gasteiger partial charge on any atom is -0.411 e. The smallest absolute Gasteiger partial charge is 0.321 e. The number of rotatable bonds is 5. The molecule has 0 saturated carbocycles. The summed E-state index contributed by atoms with van der Waals surface area (Å²) in [6, 6.07) is 5.70. The minimum absolute atomic E-state index is 0.240. The van der Waals surface area contributed by atoms with Gasteiger partial charge in [-0.3, -0.25) is 16.2 Å². The highest BCUT2D eigenvalue weighted by atomic mass is 32.2. The summed E-state index contributed by atoms with van der Waals surface area (Å²) in [4.78, 5) is 7.30. The Morgan fingerprint density at radius 2 is 2.20 bits per heavy atom. The fourth-order valence-electron chi connectivity index (χ4n) is 2.00. The van der Waals surface area contributed by atoms with Gasteiger partial charge in [0.1, 0.15) is 0 Å². The topological polar surface area (TPSA) is 140 Å². The Labute approximate surface area is 148 Å². The maximum Gasteiger partial charge on any atom is 0.321 e. The van der Waals surface area contributed by atoms with E-state index in [0.29, 0.717) is 28.1 Å². The number of nitrogens with one attached hydrogen (secondary N) is 4. The van der Waals surface area contributed by atoms with Crippen LogP contribution in [-0.4, -0.2) is 40.6 Å². The Morgan fingerprint density at radius 1 is 1.36 bits per heavy atom. The monoisotopic (exact) mass is 359 g/mol. The summed E-state index contributed by atoms with van der Waals surface area (Å²) >= 11 is 1.39. The van der Waals surface area contributed by atoms with Crippen molar-refractivity contribution in [1.29, 1.82) is 5.41 Å². The first-order chi connectivity index (χ1) is 12.1. The zero-order valence-corrected chi connectivity index (χ0v) is 14.4. The molecular formula is C14H17N9OS. The van der Waals surface area contributed by atoms with Crippen LogP contribution in [0.3, 0.4) is 0 Å². The second kappa shape index (κ2) is 7.13. The number of hydrazine groups is 1. The third-order valence-electron chi connectivity index (χ3n) is 3.19. The molecule has 0 aliphatic carbocycles. The molecule has 0 radical (unpaired) electrons. The van der Waals surface area contributed by atoms with E-state index >= 15 is 0 Å². The quantitative estimate of drug-likeness (QED) is 0.390. The van der Waals surface area contributed by atoms with Gasteiger partial charge in [-0.1, -0.05) is 16.9 Å². The lowest BCUT2D eigenvalue weighted by Crippen LogP contribution is -2.44. The second-order valence-electron chi connectivity index (χ2n) is 5.16. The van der Waals surface area contributed by atoms with Crippen LogP contribution in [-0.2, 0) is 0 Å². The number of thioether (sulfide) groups is 1. The van der Waals surface area contributed by atoms with Gasteiger partial charge < -0.3 is 20.5 Å². The number of hydrogen-bond donors (Lipinski definition) is 5. The molecule has 2 aromatic rings. The lowest BCUT2D eigenvalue weighted by Gasteiger charge is -2.26. The molecule has 10 nitrogen and oxygen atoms in total. The predicted octanol–water partition coefficient (Wildman–Crippen LogP) is 1.01. The van der Waals surface area contributed by atoms with Gasteiger partial charge >= 0.3 is 6.01 Å². The molecule has 0 fully saturated rings. The molecule has 25 heavy (non-hydrogen) atoms. The van der Waals surface area contributed by atoms with Crippen molar-refractivity contribution < 1.29 is 4.42 Å². The van der Waals surface area contributed by atoms with Crippen molar-refractivity contribution in [3.8, 4) is 0 Å². The Hall–Kier alpha value is -3.21. The van der Waals surface area contributed by atoms with E-state index in [1.807, 2.05) is 31.1 Å². The Morgan fingerprint density at radius 3 is 2.88 bits per heavy atom. The van der Waals surface area contributed by atoms with E-state index in [4.69, 9.17) is 15.6 Å². The molecule has 0 spiro atoms. The lowest BCUT2D eigenvalue weighted by atomic mass is 10.2. The lowest BCUT2D eigenvalue weighted by molar-refractivity contribution is 0.437. The highest BCUT2D eigenvalue weighted by Crippen LogP contribution is 2.25. The number of aromatic nitrogens is 2. The van der Waals surface area contributed by atoms with Crippen molar-refractivity contribution >= 4 is 34.8 Å². The summed E-state index contributed by atoms with van der Waals surface area (Å²) in [6.07, 6.45) is 2.46. The molecule has 130 valence electrons. The molecular weight excluding hydrogens is 342 g/mol. The van der Waals surface area contributed by atoms with Gasteiger partial charge in [0.15, 0.2) is 16.8 Å². The molecule has 1 aliphatic rings. The first kappa shape index (κ1) is 16.6. The summed E-state index contributed by atoms with van der Waals surface area (Å²) in [7, 11) is 3.76. The largest absolute Gasteiger partial charge is 0.411 e. The fourth-order valence-corrected chi connectivity index (χ4v) is 2.78. The van der Waals surface area contributed by atoms with Gasteiger partial charge in [0, 0.05) is 36.5 Å². The number of anilines is 2. The van der Waals surface area contributed by atoms with Crippen molar-refractivity contribution in [3.63, 3.8) is 0 Å². The average molecular weight is 359 g/mol. The third kappa shape index (κ3) is 3.83. The molecule has 11 heteroatoms. The molecule has 0 saturated heterocycles. The van der Waals surface area contributed by atoms with Crippen LogP contribution in [0, 0.1) is 5.41 Å². The molecule has 0 bridgehead atoms. The zero-order valence-electron chi connectivity index (χ0n) is 13.6. The molecule has 6 N–H and O–H groups in total. The number of nitrogens with zero attached hydrogens (tertiary/aromatic N) is 4. The maximum absolute atomic E-state index is 7.40. The van der Waals surface area contributed by atoms with Crippen molar-refractivity contribution in [2.24, 2.45) is 4.99 Å². The normalized spacial score (nSPS) is 13.6. The minimum atomic E-state index is 0.240. The Bertz CT molecular complexity index is 829. The predicted molar refractivity (Wildman–Crippen MR) is 96.9 cm³/mol. The summed E-state index contributed by atoms with van der Waals surface area (Å²) in [5, 5.41) is 18.4. The van der Waals surface area contributed by atoms with E-state index < -0.39 is 0 Å². The standard InChI is InChI=1S/C14H17N9OS/c1-23(2)12-11(18-13-21-17-7-24-13)19-14(22-20-12)25-9-3-4-10(16)8(5-9)6-15/h3-7,15,20H,16H2,1-2H3,(H,18,21)(H,19,22). The Kier molecular flexibility index (Phi) is 4.75. The van der Waals surface area contributed by atoms with Crippen molar-refractivity contribution in [1.82, 2.24) is 25.9 Å². The van der Waals surface area contributed by atoms with Gasteiger partial charge in [0.05, 0.1) is 0 Å². The maximum atomic E-state index is 7.40. The summed E-state index contributed by atoms with van der Waals surface area (Å²) in [5.41, 5.74) is 13.1. The van der Waals surface area contributed by atoms with Crippen LogP contribution >= 0.6 is 11.8 Å². The van der Waals surface area contributed by atoms with Crippen LogP contribution in [0.4, 0.5) is 11.7 Å². The van der Waals surface area contributed by atoms with Gasteiger partial charge in [0.25, 0.3) is 0 Å². The summed E-state index contributed by atoms with van der Waals surface area (Å²) in [5.74, 6) is 1.23.